The van der Waals surface area contributed by atoms with Crippen LogP contribution in [0.15, 0.2) is 30.3 Å². The maximum atomic E-state index is 5.49. The molecule has 5 heteroatoms. The highest BCUT2D eigenvalue weighted by Crippen LogP contribution is 2.39. The van der Waals surface area contributed by atoms with Crippen LogP contribution in [0.2, 0.25) is 0 Å². The SMILES string of the molecule is CC(C)c1ccc(Nc2cc(NN)nc(C3CC3)n2)cc1. The third kappa shape index (κ3) is 3.31. The summed E-state index contributed by atoms with van der Waals surface area (Å²) >= 11 is 0. The summed E-state index contributed by atoms with van der Waals surface area (Å²) in [7, 11) is 0. The number of benzene rings is 1. The summed E-state index contributed by atoms with van der Waals surface area (Å²) in [5.41, 5.74) is 4.95. The summed E-state index contributed by atoms with van der Waals surface area (Å²) in [6, 6.07) is 10.2. The van der Waals surface area contributed by atoms with E-state index < -0.39 is 0 Å². The lowest BCUT2D eigenvalue weighted by molar-refractivity contribution is 0.867. The van der Waals surface area contributed by atoms with Crippen LogP contribution in [0.3, 0.4) is 0 Å². The molecule has 1 aliphatic rings. The zero-order valence-corrected chi connectivity index (χ0v) is 12.4. The Morgan fingerprint density at radius 2 is 1.76 bits per heavy atom. The first-order chi connectivity index (χ1) is 10.2. The highest BCUT2D eigenvalue weighted by Gasteiger charge is 2.27. The molecular formula is C16H21N5. The number of anilines is 3. The van der Waals surface area contributed by atoms with Crippen LogP contribution in [0.1, 0.15) is 49.9 Å². The molecule has 1 heterocycles. The van der Waals surface area contributed by atoms with Gasteiger partial charge in [-0.05, 0) is 36.5 Å². The molecule has 1 aromatic heterocycles. The van der Waals surface area contributed by atoms with E-state index in [2.05, 4.69) is 58.8 Å². The summed E-state index contributed by atoms with van der Waals surface area (Å²) in [6.45, 7) is 4.38. The van der Waals surface area contributed by atoms with Gasteiger partial charge >= 0.3 is 0 Å². The summed E-state index contributed by atoms with van der Waals surface area (Å²) in [5.74, 6) is 8.80. The van der Waals surface area contributed by atoms with Crippen LogP contribution in [0.5, 0.6) is 0 Å². The van der Waals surface area contributed by atoms with Crippen molar-refractivity contribution in [1.82, 2.24) is 9.97 Å². The molecule has 0 unspecified atom stereocenters. The van der Waals surface area contributed by atoms with E-state index in [1.165, 1.54) is 5.56 Å². The van der Waals surface area contributed by atoms with Crippen molar-refractivity contribution in [2.75, 3.05) is 10.7 Å². The second kappa shape index (κ2) is 5.69. The normalized spacial score (nSPS) is 14.3. The molecule has 5 nitrogen and oxygen atoms in total. The van der Waals surface area contributed by atoms with E-state index in [4.69, 9.17) is 5.84 Å². The summed E-state index contributed by atoms with van der Waals surface area (Å²) in [4.78, 5) is 8.98. The number of hydrogen-bond acceptors (Lipinski definition) is 5. The number of nitrogens with zero attached hydrogens (tertiary/aromatic N) is 2. The average Bonchev–Trinajstić information content (AvgIpc) is 3.32. The Kier molecular flexibility index (Phi) is 3.75. The zero-order valence-electron chi connectivity index (χ0n) is 12.4. The number of nitrogen functional groups attached to an aromatic ring is 1. The largest absolute Gasteiger partial charge is 0.340 e. The minimum atomic E-state index is 0.488. The topological polar surface area (TPSA) is 75.9 Å². The number of aromatic nitrogens is 2. The standard InChI is InChI=1S/C16H21N5/c1-10(2)11-5-7-13(8-6-11)18-14-9-15(21-17)20-16(19-14)12-3-4-12/h5-10,12H,3-4,17H2,1-2H3,(H2,18,19,20,21). The molecule has 2 aromatic rings. The quantitative estimate of drug-likeness (QED) is 0.578. The van der Waals surface area contributed by atoms with Crippen LogP contribution in [0, 0.1) is 0 Å². The predicted molar refractivity (Wildman–Crippen MR) is 85.6 cm³/mol. The van der Waals surface area contributed by atoms with E-state index >= 15 is 0 Å². The van der Waals surface area contributed by atoms with Crippen molar-refractivity contribution in [3.8, 4) is 0 Å². The predicted octanol–water partition coefficient (Wildman–Crippen LogP) is 3.51. The molecule has 1 fully saturated rings. The minimum Gasteiger partial charge on any atom is -0.340 e. The van der Waals surface area contributed by atoms with Gasteiger partial charge < -0.3 is 10.7 Å². The Bertz CT molecular complexity index is 617. The van der Waals surface area contributed by atoms with Crippen LogP contribution >= 0.6 is 0 Å². The molecule has 1 aromatic carbocycles. The Hall–Kier alpha value is -2.14. The first-order valence-electron chi connectivity index (χ1n) is 7.38. The van der Waals surface area contributed by atoms with E-state index in [0.717, 1.165) is 30.2 Å². The smallest absolute Gasteiger partial charge is 0.145 e. The fraction of sp³-hybridized carbons (Fsp3) is 0.375. The number of nitrogens with two attached hydrogens (primary N) is 1. The molecular weight excluding hydrogens is 262 g/mol. The van der Waals surface area contributed by atoms with Gasteiger partial charge in [0.1, 0.15) is 17.5 Å². The van der Waals surface area contributed by atoms with Gasteiger partial charge in [0.15, 0.2) is 0 Å². The second-order valence-corrected chi connectivity index (χ2v) is 5.82. The van der Waals surface area contributed by atoms with Crippen molar-refractivity contribution in [2.45, 2.75) is 38.5 Å². The third-order valence-electron chi connectivity index (χ3n) is 3.68. The Morgan fingerprint density at radius 3 is 2.33 bits per heavy atom. The molecule has 0 radical (unpaired) electrons. The van der Waals surface area contributed by atoms with Crippen molar-refractivity contribution in [3.63, 3.8) is 0 Å². The van der Waals surface area contributed by atoms with Crippen molar-refractivity contribution < 1.29 is 0 Å². The van der Waals surface area contributed by atoms with Crippen LogP contribution in [0.25, 0.3) is 0 Å². The molecule has 3 rings (SSSR count). The number of nitrogens with one attached hydrogen (secondary N) is 2. The zero-order chi connectivity index (χ0) is 14.8. The molecule has 1 saturated carbocycles. The lowest BCUT2D eigenvalue weighted by atomic mass is 10.0. The fourth-order valence-electron chi connectivity index (χ4n) is 2.23. The van der Waals surface area contributed by atoms with Crippen LogP contribution in [-0.2, 0) is 0 Å². The first kappa shape index (κ1) is 13.8. The molecule has 1 aliphatic carbocycles. The van der Waals surface area contributed by atoms with Gasteiger partial charge in [0, 0.05) is 17.7 Å². The molecule has 4 N–H and O–H groups in total. The van der Waals surface area contributed by atoms with Crippen molar-refractivity contribution in [2.24, 2.45) is 5.84 Å². The Labute approximate surface area is 125 Å². The van der Waals surface area contributed by atoms with Gasteiger partial charge in [0.25, 0.3) is 0 Å². The molecule has 110 valence electrons. The van der Waals surface area contributed by atoms with Gasteiger partial charge in [-0.15, -0.1) is 0 Å². The van der Waals surface area contributed by atoms with Gasteiger partial charge in [0.2, 0.25) is 0 Å². The third-order valence-corrected chi connectivity index (χ3v) is 3.68. The van der Waals surface area contributed by atoms with Crippen LogP contribution in [-0.4, -0.2) is 9.97 Å². The van der Waals surface area contributed by atoms with Crippen LogP contribution < -0.4 is 16.6 Å². The van der Waals surface area contributed by atoms with Crippen LogP contribution in [0.4, 0.5) is 17.3 Å². The number of hydrogen-bond donors (Lipinski definition) is 3. The van der Waals surface area contributed by atoms with E-state index in [1.54, 1.807) is 0 Å². The van der Waals surface area contributed by atoms with E-state index in [0.29, 0.717) is 17.7 Å². The molecule has 0 spiro atoms. The van der Waals surface area contributed by atoms with E-state index in [-0.39, 0.29) is 0 Å². The van der Waals surface area contributed by atoms with Gasteiger partial charge in [-0.1, -0.05) is 26.0 Å². The summed E-state index contributed by atoms with van der Waals surface area (Å²) in [6.07, 6.45) is 2.33. The Morgan fingerprint density at radius 1 is 1.10 bits per heavy atom. The molecule has 21 heavy (non-hydrogen) atoms. The monoisotopic (exact) mass is 283 g/mol. The highest BCUT2D eigenvalue weighted by atomic mass is 15.3. The van der Waals surface area contributed by atoms with Crippen molar-refractivity contribution in [1.29, 1.82) is 0 Å². The average molecular weight is 283 g/mol. The van der Waals surface area contributed by atoms with E-state index in [9.17, 15) is 0 Å². The molecule has 0 amide bonds. The summed E-state index contributed by atoms with van der Waals surface area (Å²) in [5, 5.41) is 3.32. The van der Waals surface area contributed by atoms with Gasteiger partial charge in [-0.25, -0.2) is 15.8 Å². The van der Waals surface area contributed by atoms with Crippen molar-refractivity contribution in [3.05, 3.63) is 41.7 Å². The van der Waals surface area contributed by atoms with Gasteiger partial charge in [0.05, 0.1) is 0 Å². The van der Waals surface area contributed by atoms with Crippen molar-refractivity contribution >= 4 is 17.3 Å². The second-order valence-electron chi connectivity index (χ2n) is 5.82. The van der Waals surface area contributed by atoms with E-state index in [1.807, 2.05) is 6.07 Å². The minimum absolute atomic E-state index is 0.488. The molecule has 0 saturated heterocycles. The lowest BCUT2D eigenvalue weighted by Gasteiger charge is -2.11. The summed E-state index contributed by atoms with van der Waals surface area (Å²) < 4.78 is 0. The molecule has 0 bridgehead atoms. The van der Waals surface area contributed by atoms with Gasteiger partial charge in [-0.2, -0.15) is 0 Å². The number of rotatable bonds is 5. The molecule has 0 aliphatic heterocycles. The fourth-order valence-corrected chi connectivity index (χ4v) is 2.23. The highest BCUT2D eigenvalue weighted by molar-refractivity contribution is 5.59. The lowest BCUT2D eigenvalue weighted by Crippen LogP contribution is -2.11. The van der Waals surface area contributed by atoms with Gasteiger partial charge in [-0.3, -0.25) is 0 Å². The first-order valence-corrected chi connectivity index (χ1v) is 7.38. The number of hydrazine groups is 1. The maximum Gasteiger partial charge on any atom is 0.145 e. The Balaban J connectivity index is 1.81. The maximum absolute atomic E-state index is 5.49. The molecule has 0 atom stereocenters.